The van der Waals surface area contributed by atoms with Gasteiger partial charge >= 0.3 is 0 Å². The lowest BCUT2D eigenvalue weighted by Gasteiger charge is -2.27. The molecule has 0 saturated carbocycles. The molecule has 0 aliphatic carbocycles. The number of halogens is 2. The summed E-state index contributed by atoms with van der Waals surface area (Å²) in [5, 5.41) is 4.15. The van der Waals surface area contributed by atoms with Gasteiger partial charge in [0.1, 0.15) is 0 Å². The van der Waals surface area contributed by atoms with E-state index < -0.39 is 0 Å². The molecule has 0 amide bonds. The van der Waals surface area contributed by atoms with Crippen LogP contribution in [-0.4, -0.2) is 13.1 Å². The molecule has 0 atom stereocenters. The van der Waals surface area contributed by atoms with Gasteiger partial charge in [0.2, 0.25) is 0 Å². The van der Waals surface area contributed by atoms with Crippen molar-refractivity contribution >= 4 is 27.5 Å². The average Bonchev–Trinajstić information content (AvgIpc) is 2.03. The van der Waals surface area contributed by atoms with E-state index in [0.29, 0.717) is 0 Å². The van der Waals surface area contributed by atoms with Crippen LogP contribution in [0.1, 0.15) is 5.56 Å². The number of benzene rings is 1. The number of hydrogen-bond donors (Lipinski definition) is 1. The van der Waals surface area contributed by atoms with Crippen molar-refractivity contribution < 1.29 is 0 Å². The van der Waals surface area contributed by atoms with Gasteiger partial charge in [0.15, 0.2) is 0 Å². The fraction of sp³-hybridized carbons (Fsp3) is 0.400. The summed E-state index contributed by atoms with van der Waals surface area (Å²) in [7, 11) is 0. The second-order valence-corrected chi connectivity index (χ2v) is 4.79. The molecule has 1 saturated heterocycles. The molecular weight excluding hydrogens is 249 g/mol. The SMILES string of the molecule is Clc1ccc(Br)cc1CC1CNC1. The normalized spacial score (nSPS) is 17.1. The summed E-state index contributed by atoms with van der Waals surface area (Å²) in [5.74, 6) is 0.770. The smallest absolute Gasteiger partial charge is 0.0438 e. The molecule has 1 aromatic rings. The molecule has 1 aromatic carbocycles. The van der Waals surface area contributed by atoms with Crippen molar-refractivity contribution in [2.45, 2.75) is 6.42 Å². The Labute approximate surface area is 91.6 Å². The van der Waals surface area contributed by atoms with Crippen LogP contribution >= 0.6 is 27.5 Å². The lowest BCUT2D eigenvalue weighted by atomic mass is 9.94. The van der Waals surface area contributed by atoms with Crippen LogP contribution in [0.2, 0.25) is 5.02 Å². The summed E-state index contributed by atoms with van der Waals surface area (Å²) in [6.07, 6.45) is 1.09. The quantitative estimate of drug-likeness (QED) is 0.862. The maximum atomic E-state index is 6.08. The van der Waals surface area contributed by atoms with E-state index in [0.717, 1.165) is 34.9 Å². The second kappa shape index (κ2) is 3.99. The van der Waals surface area contributed by atoms with E-state index in [9.17, 15) is 0 Å². The molecule has 1 aliphatic heterocycles. The number of nitrogens with one attached hydrogen (secondary N) is 1. The first-order chi connectivity index (χ1) is 6.25. The third-order valence-corrected chi connectivity index (χ3v) is 3.24. The predicted molar refractivity (Wildman–Crippen MR) is 59.2 cm³/mol. The van der Waals surface area contributed by atoms with E-state index in [1.54, 1.807) is 0 Å². The van der Waals surface area contributed by atoms with Crippen LogP contribution in [0.3, 0.4) is 0 Å². The Morgan fingerprint density at radius 1 is 1.46 bits per heavy atom. The van der Waals surface area contributed by atoms with E-state index in [1.807, 2.05) is 12.1 Å². The Morgan fingerprint density at radius 3 is 2.85 bits per heavy atom. The number of rotatable bonds is 2. The van der Waals surface area contributed by atoms with E-state index in [2.05, 4.69) is 27.3 Å². The van der Waals surface area contributed by atoms with Gasteiger partial charge in [0.25, 0.3) is 0 Å². The highest BCUT2D eigenvalue weighted by molar-refractivity contribution is 9.10. The first-order valence-electron chi connectivity index (χ1n) is 4.40. The largest absolute Gasteiger partial charge is 0.316 e. The summed E-state index contributed by atoms with van der Waals surface area (Å²) in [6.45, 7) is 2.26. The van der Waals surface area contributed by atoms with Crippen molar-refractivity contribution in [2.24, 2.45) is 5.92 Å². The third kappa shape index (κ3) is 2.25. The van der Waals surface area contributed by atoms with Gasteiger partial charge in [0, 0.05) is 9.50 Å². The zero-order valence-corrected chi connectivity index (χ0v) is 9.53. The molecule has 3 heteroatoms. The molecule has 0 radical (unpaired) electrons. The van der Waals surface area contributed by atoms with E-state index in [1.165, 1.54) is 5.56 Å². The van der Waals surface area contributed by atoms with Gasteiger partial charge < -0.3 is 5.32 Å². The lowest BCUT2D eigenvalue weighted by molar-refractivity contribution is 0.346. The second-order valence-electron chi connectivity index (χ2n) is 3.46. The van der Waals surface area contributed by atoms with Crippen molar-refractivity contribution in [1.29, 1.82) is 0 Å². The number of hydrogen-bond acceptors (Lipinski definition) is 1. The van der Waals surface area contributed by atoms with Gasteiger partial charge in [-0.3, -0.25) is 0 Å². The van der Waals surface area contributed by atoms with Crippen LogP contribution in [0, 0.1) is 5.92 Å². The van der Waals surface area contributed by atoms with Crippen LogP contribution in [0.15, 0.2) is 22.7 Å². The molecule has 2 rings (SSSR count). The summed E-state index contributed by atoms with van der Waals surface area (Å²) in [4.78, 5) is 0. The Kier molecular flexibility index (Phi) is 2.92. The van der Waals surface area contributed by atoms with Gasteiger partial charge in [0.05, 0.1) is 0 Å². The average molecular weight is 261 g/mol. The highest BCUT2D eigenvalue weighted by Crippen LogP contribution is 2.24. The van der Waals surface area contributed by atoms with Crippen LogP contribution in [0.5, 0.6) is 0 Å². The first kappa shape index (κ1) is 9.50. The predicted octanol–water partition coefficient (Wildman–Crippen LogP) is 2.86. The molecule has 0 spiro atoms. The zero-order chi connectivity index (χ0) is 9.26. The Hall–Kier alpha value is -0.0500. The minimum Gasteiger partial charge on any atom is -0.316 e. The van der Waals surface area contributed by atoms with Gasteiger partial charge in [-0.25, -0.2) is 0 Å². The first-order valence-corrected chi connectivity index (χ1v) is 5.57. The van der Waals surface area contributed by atoms with Crippen molar-refractivity contribution in [2.75, 3.05) is 13.1 Å². The maximum absolute atomic E-state index is 6.08. The van der Waals surface area contributed by atoms with Crippen LogP contribution < -0.4 is 5.32 Å². The van der Waals surface area contributed by atoms with Crippen LogP contribution in [-0.2, 0) is 6.42 Å². The molecule has 1 fully saturated rings. The molecule has 70 valence electrons. The van der Waals surface area contributed by atoms with Gasteiger partial charge in [-0.2, -0.15) is 0 Å². The van der Waals surface area contributed by atoms with E-state index in [-0.39, 0.29) is 0 Å². The summed E-state index contributed by atoms with van der Waals surface area (Å²) < 4.78 is 1.11. The highest BCUT2D eigenvalue weighted by Gasteiger charge is 2.18. The summed E-state index contributed by atoms with van der Waals surface area (Å²) >= 11 is 9.53. The van der Waals surface area contributed by atoms with E-state index >= 15 is 0 Å². The maximum Gasteiger partial charge on any atom is 0.0438 e. The molecule has 0 bridgehead atoms. The van der Waals surface area contributed by atoms with E-state index in [4.69, 9.17) is 11.6 Å². The van der Waals surface area contributed by atoms with Gasteiger partial charge in [-0.05, 0) is 49.2 Å². The lowest BCUT2D eigenvalue weighted by Crippen LogP contribution is -2.43. The summed E-state index contributed by atoms with van der Waals surface area (Å²) in [6, 6.07) is 6.04. The monoisotopic (exact) mass is 259 g/mol. The third-order valence-electron chi connectivity index (χ3n) is 2.38. The molecule has 1 N–H and O–H groups in total. The minimum absolute atomic E-state index is 0.770. The molecule has 0 aromatic heterocycles. The van der Waals surface area contributed by atoms with Crippen molar-refractivity contribution in [1.82, 2.24) is 5.32 Å². The zero-order valence-electron chi connectivity index (χ0n) is 7.19. The van der Waals surface area contributed by atoms with Crippen molar-refractivity contribution in [3.8, 4) is 0 Å². The molecule has 1 aliphatic rings. The molecular formula is C10H11BrClN. The van der Waals surface area contributed by atoms with Crippen LogP contribution in [0.4, 0.5) is 0 Å². The minimum atomic E-state index is 0.770. The van der Waals surface area contributed by atoms with Gasteiger partial charge in [-0.15, -0.1) is 0 Å². The summed E-state index contributed by atoms with van der Waals surface area (Å²) in [5.41, 5.74) is 1.25. The van der Waals surface area contributed by atoms with Crippen LogP contribution in [0.25, 0.3) is 0 Å². The van der Waals surface area contributed by atoms with Crippen molar-refractivity contribution in [3.05, 3.63) is 33.3 Å². The molecule has 0 unspecified atom stereocenters. The fourth-order valence-corrected chi connectivity index (χ4v) is 2.11. The Bertz CT molecular complexity index is 310. The van der Waals surface area contributed by atoms with Crippen molar-refractivity contribution in [3.63, 3.8) is 0 Å². The Balaban J connectivity index is 2.13. The fourth-order valence-electron chi connectivity index (χ4n) is 1.50. The molecule has 13 heavy (non-hydrogen) atoms. The highest BCUT2D eigenvalue weighted by atomic mass is 79.9. The topological polar surface area (TPSA) is 12.0 Å². The standard InChI is InChI=1S/C10H11BrClN/c11-9-1-2-10(12)8(4-9)3-7-5-13-6-7/h1-2,4,7,13H,3,5-6H2. The molecule has 1 nitrogen and oxygen atoms in total. The Morgan fingerprint density at radius 2 is 2.23 bits per heavy atom. The molecule has 1 heterocycles. The van der Waals surface area contributed by atoms with Gasteiger partial charge in [-0.1, -0.05) is 27.5 Å².